The maximum Gasteiger partial charge on any atom is 0.303 e. The molecule has 22 heavy (non-hydrogen) atoms. The lowest BCUT2D eigenvalue weighted by molar-refractivity contribution is -0.140. The van der Waals surface area contributed by atoms with Crippen LogP contribution in [-0.4, -0.2) is 17.1 Å². The minimum absolute atomic E-state index is 0.0738. The lowest BCUT2D eigenvalue weighted by Crippen LogP contribution is -2.46. The van der Waals surface area contributed by atoms with Gasteiger partial charge < -0.3 is 10.4 Å². The molecule has 1 aliphatic heterocycles. The minimum atomic E-state index is -0.857. The van der Waals surface area contributed by atoms with E-state index in [4.69, 9.17) is 0 Å². The average Bonchev–Trinajstić information content (AvgIpc) is 2.84. The molecule has 0 bridgehead atoms. The second-order valence-corrected chi connectivity index (χ2v) is 6.63. The molecule has 3 rings (SSSR count). The van der Waals surface area contributed by atoms with Crippen molar-refractivity contribution in [3.8, 4) is 0 Å². The molecule has 2 N–H and O–H groups in total. The molecule has 0 spiro atoms. The molecule has 1 heterocycles. The molecule has 1 fully saturated rings. The van der Waals surface area contributed by atoms with Gasteiger partial charge in [0.2, 0.25) is 0 Å². The number of benzene rings is 1. The van der Waals surface area contributed by atoms with Crippen molar-refractivity contribution in [1.82, 2.24) is 0 Å². The first kappa shape index (κ1) is 15.3. The highest BCUT2D eigenvalue weighted by molar-refractivity contribution is 5.69. The van der Waals surface area contributed by atoms with Crippen molar-refractivity contribution >= 4 is 11.7 Å². The zero-order chi connectivity index (χ0) is 15.9. The Balaban J connectivity index is 2.01. The Kier molecular flexibility index (Phi) is 3.83. The predicted octanol–water partition coefficient (Wildman–Crippen LogP) is 4.29. The smallest absolute Gasteiger partial charge is 0.303 e. The normalized spacial score (nSPS) is 29.6. The molecule has 3 unspecified atom stereocenters. The van der Waals surface area contributed by atoms with E-state index >= 15 is 0 Å². The maximum absolute atomic E-state index is 14.1. The predicted molar refractivity (Wildman–Crippen MR) is 80.0 cm³/mol. The molecule has 3 atom stereocenters. The van der Waals surface area contributed by atoms with Crippen molar-refractivity contribution in [2.75, 3.05) is 5.32 Å². The van der Waals surface area contributed by atoms with Crippen LogP contribution in [0.4, 0.5) is 14.5 Å². The first-order valence-corrected chi connectivity index (χ1v) is 7.95. The summed E-state index contributed by atoms with van der Waals surface area (Å²) in [5.41, 5.74) is 0.656. The second kappa shape index (κ2) is 5.52. The third kappa shape index (κ3) is 2.27. The SMILES string of the molecule is CCCC1(CC(=O)O)CCCC2c3ccc(F)c(F)c3NC21. The number of nitrogens with one attached hydrogen (secondary N) is 1. The number of carboxylic acid groups (broad SMARTS) is 1. The van der Waals surface area contributed by atoms with Crippen LogP contribution in [0.1, 0.15) is 56.9 Å². The molecular formula is C17H21F2NO2. The fourth-order valence-corrected chi connectivity index (χ4v) is 4.55. The Morgan fingerprint density at radius 1 is 1.45 bits per heavy atom. The molecule has 1 saturated carbocycles. The van der Waals surface area contributed by atoms with E-state index in [0.717, 1.165) is 37.7 Å². The molecule has 1 aromatic rings. The van der Waals surface area contributed by atoms with Crippen molar-refractivity contribution in [1.29, 1.82) is 0 Å². The number of rotatable bonds is 4. The van der Waals surface area contributed by atoms with Gasteiger partial charge in [-0.1, -0.05) is 25.8 Å². The first-order chi connectivity index (χ1) is 10.5. The van der Waals surface area contributed by atoms with Gasteiger partial charge in [0.15, 0.2) is 11.6 Å². The second-order valence-electron chi connectivity index (χ2n) is 6.63. The average molecular weight is 309 g/mol. The van der Waals surface area contributed by atoms with Gasteiger partial charge >= 0.3 is 5.97 Å². The quantitative estimate of drug-likeness (QED) is 0.872. The molecule has 120 valence electrons. The molecule has 0 amide bonds. The van der Waals surface area contributed by atoms with Gasteiger partial charge in [0, 0.05) is 17.4 Å². The molecule has 3 nitrogen and oxygen atoms in total. The Labute approximate surface area is 128 Å². The van der Waals surface area contributed by atoms with Crippen molar-refractivity contribution in [3.05, 3.63) is 29.3 Å². The molecule has 1 aromatic carbocycles. The van der Waals surface area contributed by atoms with E-state index < -0.39 is 17.6 Å². The number of hydrogen-bond donors (Lipinski definition) is 2. The van der Waals surface area contributed by atoms with Gasteiger partial charge in [-0.25, -0.2) is 8.78 Å². The van der Waals surface area contributed by atoms with E-state index in [0.29, 0.717) is 0 Å². The Bertz CT molecular complexity index is 601. The summed E-state index contributed by atoms with van der Waals surface area (Å²) in [6.45, 7) is 2.04. The standard InChI is InChI=1S/C17H21F2NO2/c1-2-7-17(9-13(21)22)8-3-4-11-10-5-6-12(18)14(19)15(10)20-16(11)17/h5-6,11,16,20H,2-4,7-9H2,1H3,(H,21,22). The largest absolute Gasteiger partial charge is 0.481 e. The van der Waals surface area contributed by atoms with Gasteiger partial charge in [-0.2, -0.15) is 0 Å². The highest BCUT2D eigenvalue weighted by Gasteiger charge is 2.50. The summed E-state index contributed by atoms with van der Waals surface area (Å²) < 4.78 is 27.6. The highest BCUT2D eigenvalue weighted by Crippen LogP contribution is 2.55. The maximum atomic E-state index is 14.1. The van der Waals surface area contributed by atoms with E-state index in [1.807, 2.05) is 6.92 Å². The summed E-state index contributed by atoms with van der Waals surface area (Å²) in [6, 6.07) is 2.70. The highest BCUT2D eigenvalue weighted by atomic mass is 19.2. The summed E-state index contributed by atoms with van der Waals surface area (Å²) in [5, 5.41) is 12.5. The van der Waals surface area contributed by atoms with E-state index in [1.165, 1.54) is 6.07 Å². The van der Waals surface area contributed by atoms with Gasteiger partial charge in [-0.05, 0) is 30.9 Å². The fraction of sp³-hybridized carbons (Fsp3) is 0.588. The van der Waals surface area contributed by atoms with Crippen LogP contribution in [0.15, 0.2) is 12.1 Å². The van der Waals surface area contributed by atoms with E-state index in [-0.39, 0.29) is 29.5 Å². The number of carbonyl (C=O) groups is 1. The van der Waals surface area contributed by atoms with Crippen LogP contribution in [0.2, 0.25) is 0 Å². The van der Waals surface area contributed by atoms with Crippen molar-refractivity contribution < 1.29 is 18.7 Å². The zero-order valence-electron chi connectivity index (χ0n) is 12.7. The molecule has 0 aromatic heterocycles. The van der Waals surface area contributed by atoms with Crippen LogP contribution in [0.3, 0.4) is 0 Å². The zero-order valence-corrected chi connectivity index (χ0v) is 12.7. The van der Waals surface area contributed by atoms with E-state index in [2.05, 4.69) is 5.32 Å². The Hall–Kier alpha value is -1.65. The molecule has 1 aliphatic carbocycles. The van der Waals surface area contributed by atoms with Crippen LogP contribution in [-0.2, 0) is 4.79 Å². The third-order valence-electron chi connectivity index (χ3n) is 5.33. The summed E-state index contributed by atoms with van der Waals surface area (Å²) in [5.74, 6) is -2.44. The van der Waals surface area contributed by atoms with Crippen LogP contribution >= 0.6 is 0 Å². The summed E-state index contributed by atoms with van der Waals surface area (Å²) in [7, 11) is 0. The number of aliphatic carboxylic acids is 1. The van der Waals surface area contributed by atoms with Gasteiger partial charge in [0.05, 0.1) is 12.1 Å². The van der Waals surface area contributed by atoms with Gasteiger partial charge in [0.1, 0.15) is 0 Å². The van der Waals surface area contributed by atoms with Crippen LogP contribution in [0, 0.1) is 17.0 Å². The van der Waals surface area contributed by atoms with Crippen LogP contribution in [0.25, 0.3) is 0 Å². The number of fused-ring (bicyclic) bond motifs is 3. The number of carboxylic acids is 1. The van der Waals surface area contributed by atoms with E-state index in [1.54, 1.807) is 6.07 Å². The fourth-order valence-electron chi connectivity index (χ4n) is 4.55. The first-order valence-electron chi connectivity index (χ1n) is 7.95. The number of anilines is 1. The van der Waals surface area contributed by atoms with Crippen molar-refractivity contribution in [2.45, 2.75) is 57.4 Å². The van der Waals surface area contributed by atoms with Crippen molar-refractivity contribution in [3.63, 3.8) is 0 Å². The Morgan fingerprint density at radius 2 is 2.23 bits per heavy atom. The molecule has 5 heteroatoms. The van der Waals surface area contributed by atoms with Gasteiger partial charge in [0.25, 0.3) is 0 Å². The summed E-state index contributed by atoms with van der Waals surface area (Å²) in [6.07, 6.45) is 4.37. The molecule has 0 saturated heterocycles. The molecule has 2 aliphatic rings. The third-order valence-corrected chi connectivity index (χ3v) is 5.33. The topological polar surface area (TPSA) is 49.3 Å². The van der Waals surface area contributed by atoms with Crippen LogP contribution < -0.4 is 5.32 Å². The number of hydrogen-bond acceptors (Lipinski definition) is 2. The minimum Gasteiger partial charge on any atom is -0.481 e. The molecule has 0 radical (unpaired) electrons. The van der Waals surface area contributed by atoms with Crippen LogP contribution in [0.5, 0.6) is 0 Å². The van der Waals surface area contributed by atoms with E-state index in [9.17, 15) is 18.7 Å². The summed E-state index contributed by atoms with van der Waals surface area (Å²) in [4.78, 5) is 11.4. The van der Waals surface area contributed by atoms with Gasteiger partial charge in [-0.15, -0.1) is 0 Å². The number of halogens is 2. The van der Waals surface area contributed by atoms with Crippen molar-refractivity contribution in [2.24, 2.45) is 5.41 Å². The lowest BCUT2D eigenvalue weighted by Gasteiger charge is -2.45. The molecular weight excluding hydrogens is 288 g/mol. The summed E-state index contributed by atoms with van der Waals surface area (Å²) >= 11 is 0. The lowest BCUT2D eigenvalue weighted by atomic mass is 9.62. The monoisotopic (exact) mass is 309 g/mol. The Morgan fingerprint density at radius 3 is 2.91 bits per heavy atom. The van der Waals surface area contributed by atoms with Gasteiger partial charge in [-0.3, -0.25) is 4.79 Å².